The van der Waals surface area contributed by atoms with Gasteiger partial charge in [-0.2, -0.15) is 0 Å². The lowest BCUT2D eigenvalue weighted by molar-refractivity contribution is -0.135. The van der Waals surface area contributed by atoms with Gasteiger partial charge in [0.05, 0.1) is 43.4 Å². The molecule has 0 aliphatic carbocycles. The molecule has 1 unspecified atom stereocenters. The lowest BCUT2D eigenvalue weighted by Crippen LogP contribution is -2.54. The third-order valence-corrected chi connectivity index (χ3v) is 8.80. The molecule has 0 aromatic heterocycles. The molecular weight excluding hydrogens is 600 g/mol. The van der Waals surface area contributed by atoms with Crippen molar-refractivity contribution in [1.29, 1.82) is 0 Å². The molecule has 0 spiro atoms. The molecule has 8 nitrogen and oxygen atoms in total. The van der Waals surface area contributed by atoms with Crippen LogP contribution in [0.4, 0.5) is 17.1 Å². The van der Waals surface area contributed by atoms with Crippen LogP contribution in [-0.2, 0) is 20.9 Å². The second kappa shape index (κ2) is 15.5. The summed E-state index contributed by atoms with van der Waals surface area (Å²) in [7, 11) is 1.64. The van der Waals surface area contributed by atoms with Crippen molar-refractivity contribution in [3.05, 3.63) is 121 Å². The maximum atomic E-state index is 14.7. The van der Waals surface area contributed by atoms with Crippen molar-refractivity contribution >= 4 is 34.8 Å². The first-order valence-electron chi connectivity index (χ1n) is 16.4. The number of rotatable bonds is 13. The summed E-state index contributed by atoms with van der Waals surface area (Å²) in [6.07, 6.45) is 2.33. The van der Waals surface area contributed by atoms with Crippen molar-refractivity contribution in [3.8, 4) is 16.9 Å². The van der Waals surface area contributed by atoms with Gasteiger partial charge in [0.15, 0.2) is 0 Å². The number of nitrogens with one attached hydrogen (secondary N) is 1. The number of allylic oxidation sites excluding steroid dienone is 1. The van der Waals surface area contributed by atoms with E-state index in [1.807, 2.05) is 111 Å². The molecule has 3 N–H and O–H groups in total. The van der Waals surface area contributed by atoms with Gasteiger partial charge in [-0.15, -0.1) is 6.58 Å². The number of hydrogen-bond acceptors (Lipinski definition) is 5. The van der Waals surface area contributed by atoms with Crippen LogP contribution in [0.2, 0.25) is 0 Å². The molecule has 8 heteroatoms. The van der Waals surface area contributed by atoms with E-state index in [2.05, 4.69) is 22.9 Å². The standard InChI is InChI=1S/C40H44N4O4/c1-5-12-33(38(41)45)34(23-27(2)3)39(46)42-35-26-43(31-15-7-6-8-16-31)36-17-9-10-18-37(36)44(40(35)47)25-28-13-11-14-30(24-28)29-19-21-32(48-4)22-20-29/h5-11,13-22,24,27,33-35H,1,12,23,25-26H2,2-4H3,(H2,41,45)(H,42,46)/t33-,34+,35?/m0/s1. The Labute approximate surface area is 283 Å². The minimum Gasteiger partial charge on any atom is -0.497 e. The highest BCUT2D eigenvalue weighted by atomic mass is 16.5. The fourth-order valence-corrected chi connectivity index (χ4v) is 6.42. The Hall–Kier alpha value is -5.37. The number of hydrogen-bond donors (Lipinski definition) is 2. The third kappa shape index (κ3) is 7.77. The third-order valence-electron chi connectivity index (χ3n) is 8.80. The zero-order valence-electron chi connectivity index (χ0n) is 27.8. The number of para-hydroxylation sites is 3. The molecule has 3 amide bonds. The van der Waals surface area contributed by atoms with Crippen LogP contribution in [0, 0.1) is 17.8 Å². The quantitative estimate of drug-likeness (QED) is 0.155. The summed E-state index contributed by atoms with van der Waals surface area (Å²) in [5.74, 6) is -1.71. The second-order valence-corrected chi connectivity index (χ2v) is 12.6. The minimum absolute atomic E-state index is 0.122. The number of carbonyl (C=O) groups is 3. The van der Waals surface area contributed by atoms with Crippen LogP contribution in [0.1, 0.15) is 32.3 Å². The maximum absolute atomic E-state index is 14.7. The molecule has 1 aliphatic heterocycles. The van der Waals surface area contributed by atoms with E-state index in [0.717, 1.165) is 39.5 Å². The predicted molar refractivity (Wildman–Crippen MR) is 192 cm³/mol. The highest BCUT2D eigenvalue weighted by Gasteiger charge is 2.39. The molecule has 5 rings (SSSR count). The molecule has 1 aliphatic rings. The van der Waals surface area contributed by atoms with Gasteiger partial charge in [0.2, 0.25) is 11.8 Å². The molecule has 4 aromatic rings. The van der Waals surface area contributed by atoms with Gasteiger partial charge in [-0.25, -0.2) is 0 Å². The maximum Gasteiger partial charge on any atom is 0.251 e. The van der Waals surface area contributed by atoms with Crippen LogP contribution in [-0.4, -0.2) is 37.4 Å². The van der Waals surface area contributed by atoms with E-state index in [1.165, 1.54) is 0 Å². The summed E-state index contributed by atoms with van der Waals surface area (Å²) in [4.78, 5) is 45.1. The Morgan fingerprint density at radius 2 is 1.60 bits per heavy atom. The smallest absolute Gasteiger partial charge is 0.251 e. The number of benzene rings is 4. The van der Waals surface area contributed by atoms with E-state index in [4.69, 9.17) is 10.5 Å². The average Bonchev–Trinajstić information content (AvgIpc) is 3.21. The zero-order valence-corrected chi connectivity index (χ0v) is 27.8. The first-order valence-corrected chi connectivity index (χ1v) is 16.4. The molecule has 4 aromatic carbocycles. The van der Waals surface area contributed by atoms with Gasteiger partial charge in [-0.1, -0.05) is 80.6 Å². The Kier molecular flexibility index (Phi) is 11.0. The predicted octanol–water partition coefficient (Wildman–Crippen LogP) is 6.87. The van der Waals surface area contributed by atoms with Gasteiger partial charge in [0.25, 0.3) is 5.91 Å². The summed E-state index contributed by atoms with van der Waals surface area (Å²) in [5, 5.41) is 3.08. The van der Waals surface area contributed by atoms with Crippen molar-refractivity contribution in [2.45, 2.75) is 39.3 Å². The van der Waals surface area contributed by atoms with E-state index in [9.17, 15) is 14.4 Å². The number of methoxy groups -OCH3 is 1. The molecule has 0 radical (unpaired) electrons. The van der Waals surface area contributed by atoms with Crippen molar-refractivity contribution in [2.75, 3.05) is 23.5 Å². The highest BCUT2D eigenvalue weighted by molar-refractivity contribution is 6.04. The van der Waals surface area contributed by atoms with Gasteiger partial charge in [-0.3, -0.25) is 14.4 Å². The normalized spacial score (nSPS) is 15.7. The second-order valence-electron chi connectivity index (χ2n) is 12.6. The molecule has 0 bridgehead atoms. The molecule has 48 heavy (non-hydrogen) atoms. The van der Waals surface area contributed by atoms with E-state index in [0.29, 0.717) is 6.42 Å². The van der Waals surface area contributed by atoms with Crippen LogP contribution in [0.5, 0.6) is 5.75 Å². The molecule has 0 saturated carbocycles. The first kappa shape index (κ1) is 34.0. The van der Waals surface area contributed by atoms with Crippen molar-refractivity contribution < 1.29 is 19.1 Å². The van der Waals surface area contributed by atoms with Gasteiger partial charge < -0.3 is 25.6 Å². The number of primary amides is 1. The highest BCUT2D eigenvalue weighted by Crippen LogP contribution is 2.38. The summed E-state index contributed by atoms with van der Waals surface area (Å²) in [6, 6.07) is 32.7. The summed E-state index contributed by atoms with van der Waals surface area (Å²) < 4.78 is 5.33. The number of nitrogens with zero attached hydrogens (tertiary/aromatic N) is 2. The SMILES string of the molecule is C=CC[C@H](C(N)=O)[C@@H](CC(C)C)C(=O)NC1CN(c2ccccc2)c2ccccc2N(Cc2cccc(-c3ccc(OC)cc3)c2)C1=O. The average molecular weight is 645 g/mol. The van der Waals surface area contributed by atoms with E-state index in [1.54, 1.807) is 18.1 Å². The van der Waals surface area contributed by atoms with Crippen molar-refractivity contribution in [3.63, 3.8) is 0 Å². The number of amides is 3. The van der Waals surface area contributed by atoms with Crippen molar-refractivity contribution in [1.82, 2.24) is 5.32 Å². The lowest BCUT2D eigenvalue weighted by Gasteiger charge is -2.30. The Morgan fingerprint density at radius 1 is 0.917 bits per heavy atom. The summed E-state index contributed by atoms with van der Waals surface area (Å²) in [6.45, 7) is 8.26. The van der Waals surface area contributed by atoms with Crippen LogP contribution < -0.4 is 25.6 Å². The molecule has 1 heterocycles. The van der Waals surface area contributed by atoms with Gasteiger partial charge >= 0.3 is 0 Å². The van der Waals surface area contributed by atoms with E-state index < -0.39 is 23.8 Å². The summed E-state index contributed by atoms with van der Waals surface area (Å²) >= 11 is 0. The Morgan fingerprint density at radius 3 is 2.25 bits per heavy atom. The number of nitrogens with two attached hydrogens (primary N) is 1. The fourth-order valence-electron chi connectivity index (χ4n) is 6.42. The zero-order chi connectivity index (χ0) is 34.2. The number of fused-ring (bicyclic) bond motifs is 1. The molecular formula is C40H44N4O4. The summed E-state index contributed by atoms with van der Waals surface area (Å²) in [5.41, 5.74) is 11.2. The minimum atomic E-state index is -0.915. The van der Waals surface area contributed by atoms with E-state index >= 15 is 0 Å². The van der Waals surface area contributed by atoms with E-state index in [-0.39, 0.29) is 37.2 Å². The van der Waals surface area contributed by atoms with Gasteiger partial charge in [-0.05, 0) is 77.9 Å². The van der Waals surface area contributed by atoms with Gasteiger partial charge in [0, 0.05) is 5.69 Å². The van der Waals surface area contributed by atoms with Crippen LogP contribution in [0.25, 0.3) is 11.1 Å². The van der Waals surface area contributed by atoms with Gasteiger partial charge in [0.1, 0.15) is 11.8 Å². The largest absolute Gasteiger partial charge is 0.497 e. The van der Waals surface area contributed by atoms with Crippen LogP contribution in [0.15, 0.2) is 116 Å². The molecule has 0 saturated heterocycles. The molecule has 0 fully saturated rings. The number of ether oxygens (including phenoxy) is 1. The van der Waals surface area contributed by atoms with Crippen LogP contribution >= 0.6 is 0 Å². The van der Waals surface area contributed by atoms with Crippen molar-refractivity contribution in [2.24, 2.45) is 23.5 Å². The molecule has 248 valence electrons. The fraction of sp³-hybridized carbons (Fsp3) is 0.275. The van der Waals surface area contributed by atoms with Crippen LogP contribution in [0.3, 0.4) is 0 Å². The Bertz CT molecular complexity index is 1740. The number of anilines is 3. The Balaban J connectivity index is 1.54. The monoisotopic (exact) mass is 644 g/mol. The topological polar surface area (TPSA) is 105 Å². The molecule has 3 atom stereocenters. The number of carbonyl (C=O) groups excluding carboxylic acids is 3. The lowest BCUT2D eigenvalue weighted by atomic mass is 9.82. The first-order chi connectivity index (χ1) is 23.2.